The lowest BCUT2D eigenvalue weighted by molar-refractivity contribution is -0.274. The number of nitrogens with zero attached hydrogens (tertiary/aromatic N) is 1. The predicted molar refractivity (Wildman–Crippen MR) is 95.1 cm³/mol. The monoisotopic (exact) mass is 381 g/mol. The summed E-state index contributed by atoms with van der Waals surface area (Å²) in [7, 11) is 0. The van der Waals surface area contributed by atoms with E-state index in [0.29, 0.717) is 16.8 Å². The molecule has 7 heteroatoms. The van der Waals surface area contributed by atoms with Gasteiger partial charge < -0.3 is 14.4 Å². The zero-order chi connectivity index (χ0) is 19.8. The number of halogens is 3. The van der Waals surface area contributed by atoms with E-state index in [2.05, 4.69) is 9.30 Å². The van der Waals surface area contributed by atoms with E-state index in [1.165, 1.54) is 18.6 Å². The number of hydrogen-bond donors (Lipinski definition) is 1. The van der Waals surface area contributed by atoms with Crippen LogP contribution in [0, 0.1) is 13.8 Å². The minimum atomic E-state index is -4.74. The predicted octanol–water partition coefficient (Wildman–Crippen LogP) is 5.87. The summed E-state index contributed by atoms with van der Waals surface area (Å²) in [4.78, 5) is 11.8. The minimum Gasteiger partial charge on any atom is -0.478 e. The number of carbonyl (C=O) groups is 1. The van der Waals surface area contributed by atoms with E-state index in [1.54, 1.807) is 26.0 Å². The highest BCUT2D eigenvalue weighted by Gasteiger charge is 2.31. The summed E-state index contributed by atoms with van der Waals surface area (Å²) in [6.07, 6.45) is 0.531. The van der Waals surface area contributed by atoms with Gasteiger partial charge in [-0.2, -0.15) is 0 Å². The highest BCUT2D eigenvalue weighted by atomic mass is 19.4. The third-order valence-electron chi connectivity index (χ3n) is 5.21. The summed E-state index contributed by atoms with van der Waals surface area (Å²) in [5.74, 6) is -1.28. The number of aromatic nitrogens is 1. The van der Waals surface area contributed by atoms with Gasteiger partial charge in [-0.3, -0.25) is 0 Å². The average molecular weight is 381 g/mol. The van der Waals surface area contributed by atoms with Crippen molar-refractivity contribution >= 4 is 5.97 Å². The molecule has 1 fully saturated rings. The summed E-state index contributed by atoms with van der Waals surface area (Å²) in [5.41, 5.74) is 3.04. The standard InChI is InChI=1S/C20H22F3NO3/c1-12-17(19(25)26)13(2)24(15-6-4-3-5-7-15)18(12)14-8-10-16(11-9-14)27-20(21,22)23/h8-11,15H,3-7H2,1-2H3,(H,25,26). The van der Waals surface area contributed by atoms with Gasteiger partial charge in [0.25, 0.3) is 0 Å². The maximum atomic E-state index is 12.4. The quantitative estimate of drug-likeness (QED) is 0.720. The Morgan fingerprint density at radius 1 is 1.11 bits per heavy atom. The molecule has 1 N–H and O–H groups in total. The summed E-state index contributed by atoms with van der Waals surface area (Å²) in [5, 5.41) is 9.64. The Morgan fingerprint density at radius 3 is 2.22 bits per heavy atom. The molecule has 0 amide bonds. The number of rotatable bonds is 4. The molecule has 0 spiro atoms. The molecule has 0 unspecified atom stereocenters. The molecular weight excluding hydrogens is 359 g/mol. The van der Waals surface area contributed by atoms with Crippen molar-refractivity contribution in [3.63, 3.8) is 0 Å². The van der Waals surface area contributed by atoms with E-state index in [0.717, 1.165) is 31.4 Å². The molecule has 0 radical (unpaired) electrons. The van der Waals surface area contributed by atoms with Crippen LogP contribution < -0.4 is 4.74 Å². The smallest absolute Gasteiger partial charge is 0.478 e. The van der Waals surface area contributed by atoms with E-state index < -0.39 is 12.3 Å². The van der Waals surface area contributed by atoms with Crippen molar-refractivity contribution in [1.82, 2.24) is 4.57 Å². The molecule has 27 heavy (non-hydrogen) atoms. The van der Waals surface area contributed by atoms with Gasteiger partial charge in [-0.25, -0.2) is 4.79 Å². The summed E-state index contributed by atoms with van der Waals surface area (Å²) >= 11 is 0. The zero-order valence-electron chi connectivity index (χ0n) is 15.3. The fourth-order valence-electron chi connectivity index (χ4n) is 4.14. The largest absolute Gasteiger partial charge is 0.573 e. The van der Waals surface area contributed by atoms with Crippen LogP contribution in [0.15, 0.2) is 24.3 Å². The van der Waals surface area contributed by atoms with E-state index in [9.17, 15) is 23.1 Å². The molecule has 1 aliphatic rings. The van der Waals surface area contributed by atoms with Crippen molar-refractivity contribution in [1.29, 1.82) is 0 Å². The van der Waals surface area contributed by atoms with E-state index in [1.807, 2.05) is 0 Å². The topological polar surface area (TPSA) is 51.5 Å². The van der Waals surface area contributed by atoms with Gasteiger partial charge in [0.1, 0.15) is 5.75 Å². The molecule has 2 aromatic rings. The first-order chi connectivity index (χ1) is 12.7. The fourth-order valence-corrected chi connectivity index (χ4v) is 4.14. The van der Waals surface area contributed by atoms with Crippen LogP contribution in [-0.2, 0) is 0 Å². The van der Waals surface area contributed by atoms with Crippen LogP contribution in [0.5, 0.6) is 5.75 Å². The average Bonchev–Trinajstić information content (AvgIpc) is 2.85. The molecule has 1 aliphatic carbocycles. The minimum absolute atomic E-state index is 0.201. The van der Waals surface area contributed by atoms with Gasteiger partial charge in [0.15, 0.2) is 0 Å². The second-order valence-electron chi connectivity index (χ2n) is 6.97. The molecule has 3 rings (SSSR count). The number of carboxylic acid groups (broad SMARTS) is 1. The summed E-state index contributed by atoms with van der Waals surface area (Å²) < 4.78 is 43.2. The summed E-state index contributed by atoms with van der Waals surface area (Å²) in [6, 6.07) is 5.82. The highest BCUT2D eigenvalue weighted by molar-refractivity contribution is 5.93. The van der Waals surface area contributed by atoms with Crippen LogP contribution in [0.25, 0.3) is 11.3 Å². The van der Waals surface area contributed by atoms with Crippen LogP contribution in [-0.4, -0.2) is 22.0 Å². The van der Waals surface area contributed by atoms with Crippen LogP contribution in [0.4, 0.5) is 13.2 Å². The first-order valence-corrected chi connectivity index (χ1v) is 9.00. The third kappa shape index (κ3) is 3.96. The lowest BCUT2D eigenvalue weighted by Crippen LogP contribution is -2.17. The van der Waals surface area contributed by atoms with Crippen LogP contribution in [0.3, 0.4) is 0 Å². The van der Waals surface area contributed by atoms with Crippen molar-refractivity contribution in [3.05, 3.63) is 41.1 Å². The summed E-state index contributed by atoms with van der Waals surface area (Å²) in [6.45, 7) is 3.56. The molecule has 1 saturated carbocycles. The van der Waals surface area contributed by atoms with Crippen LogP contribution in [0.1, 0.15) is 59.8 Å². The van der Waals surface area contributed by atoms with Crippen molar-refractivity contribution in [3.8, 4) is 17.0 Å². The van der Waals surface area contributed by atoms with Crippen molar-refractivity contribution in [2.75, 3.05) is 0 Å². The Morgan fingerprint density at radius 2 is 1.70 bits per heavy atom. The van der Waals surface area contributed by atoms with E-state index in [4.69, 9.17) is 0 Å². The van der Waals surface area contributed by atoms with Gasteiger partial charge in [-0.05, 0) is 62.1 Å². The number of alkyl halides is 3. The Bertz CT molecular complexity index is 832. The normalized spacial score (nSPS) is 15.7. The Balaban J connectivity index is 2.08. The molecule has 0 saturated heterocycles. The lowest BCUT2D eigenvalue weighted by Gasteiger charge is -2.27. The van der Waals surface area contributed by atoms with Crippen LogP contribution in [0.2, 0.25) is 0 Å². The first-order valence-electron chi connectivity index (χ1n) is 9.00. The van der Waals surface area contributed by atoms with Gasteiger partial charge in [0.05, 0.1) is 11.3 Å². The molecular formula is C20H22F3NO3. The second kappa shape index (κ2) is 7.29. The number of benzene rings is 1. The Kier molecular flexibility index (Phi) is 5.22. The molecule has 4 nitrogen and oxygen atoms in total. The molecule has 0 bridgehead atoms. The molecule has 1 aromatic carbocycles. The molecule has 1 aromatic heterocycles. The van der Waals surface area contributed by atoms with Crippen molar-refractivity contribution in [2.24, 2.45) is 0 Å². The van der Waals surface area contributed by atoms with Gasteiger partial charge in [0, 0.05) is 11.7 Å². The second-order valence-corrected chi connectivity index (χ2v) is 6.97. The SMILES string of the molecule is Cc1c(C(=O)O)c(C)n(C2CCCCC2)c1-c1ccc(OC(F)(F)F)cc1. The maximum absolute atomic E-state index is 12.4. The van der Waals surface area contributed by atoms with Gasteiger partial charge >= 0.3 is 12.3 Å². The number of hydrogen-bond acceptors (Lipinski definition) is 2. The lowest BCUT2D eigenvalue weighted by atomic mass is 9.94. The van der Waals surface area contributed by atoms with E-state index in [-0.39, 0.29) is 17.4 Å². The first kappa shape index (κ1) is 19.3. The van der Waals surface area contributed by atoms with Gasteiger partial charge in [-0.1, -0.05) is 19.3 Å². The molecule has 146 valence electrons. The van der Waals surface area contributed by atoms with Crippen molar-refractivity contribution < 1.29 is 27.8 Å². The van der Waals surface area contributed by atoms with Crippen LogP contribution >= 0.6 is 0 Å². The number of aromatic carboxylic acids is 1. The van der Waals surface area contributed by atoms with E-state index >= 15 is 0 Å². The van der Waals surface area contributed by atoms with Crippen molar-refractivity contribution in [2.45, 2.75) is 58.4 Å². The maximum Gasteiger partial charge on any atom is 0.573 e. The zero-order valence-corrected chi connectivity index (χ0v) is 15.3. The van der Waals surface area contributed by atoms with Gasteiger partial charge in [-0.15, -0.1) is 13.2 Å². The van der Waals surface area contributed by atoms with Gasteiger partial charge in [0.2, 0.25) is 0 Å². The highest BCUT2D eigenvalue weighted by Crippen LogP contribution is 2.39. The Labute approximate surface area is 155 Å². The number of ether oxygens (including phenoxy) is 1. The molecule has 0 atom stereocenters. The number of carboxylic acids is 1. The Hall–Kier alpha value is -2.44. The third-order valence-corrected chi connectivity index (χ3v) is 5.21. The fraction of sp³-hybridized carbons (Fsp3) is 0.450. The molecule has 0 aliphatic heterocycles. The molecule has 1 heterocycles.